The smallest absolute Gasteiger partial charge is 0.0251 e. The normalized spacial score (nSPS) is 12.6. The van der Waals surface area contributed by atoms with E-state index in [4.69, 9.17) is 0 Å². The zero-order chi connectivity index (χ0) is 14.7. The molecule has 0 aromatic heterocycles. The largest absolute Gasteiger partial charge is 0.0654 e. The highest BCUT2D eigenvalue weighted by Gasteiger charge is 2.35. The lowest BCUT2D eigenvalue weighted by Gasteiger charge is -2.42. The van der Waals surface area contributed by atoms with Crippen molar-refractivity contribution in [2.75, 3.05) is 0 Å². The molecule has 0 aromatic rings. The highest BCUT2D eigenvalue weighted by molar-refractivity contribution is 4.85. The second-order valence-electron chi connectivity index (χ2n) is 7.16. The second-order valence-corrected chi connectivity index (χ2v) is 7.16. The summed E-state index contributed by atoms with van der Waals surface area (Å²) < 4.78 is 0. The zero-order valence-electron chi connectivity index (χ0n) is 14.7. The summed E-state index contributed by atoms with van der Waals surface area (Å²) in [6.45, 7) is 14.4. The average Bonchev–Trinajstić information content (AvgIpc) is 2.36. The third kappa shape index (κ3) is 6.82. The van der Waals surface area contributed by atoms with Crippen LogP contribution in [0.2, 0.25) is 0 Å². The molecule has 0 saturated carbocycles. The summed E-state index contributed by atoms with van der Waals surface area (Å²) >= 11 is 0. The Morgan fingerprint density at radius 2 is 0.947 bits per heavy atom. The highest BCUT2D eigenvalue weighted by Crippen LogP contribution is 2.45. The predicted molar refractivity (Wildman–Crippen MR) is 89.6 cm³/mol. The van der Waals surface area contributed by atoms with E-state index in [-0.39, 0.29) is 0 Å². The predicted octanol–water partition coefficient (Wildman–Crippen LogP) is 7.23. The van der Waals surface area contributed by atoms with Crippen LogP contribution >= 0.6 is 0 Å². The summed E-state index contributed by atoms with van der Waals surface area (Å²) in [5, 5.41) is 0. The van der Waals surface area contributed by atoms with Gasteiger partial charge < -0.3 is 0 Å². The molecule has 0 N–H and O–H groups in total. The van der Waals surface area contributed by atoms with Gasteiger partial charge in [0.15, 0.2) is 0 Å². The second kappa shape index (κ2) is 10.7. The van der Waals surface area contributed by atoms with Crippen LogP contribution in [0.25, 0.3) is 0 Å². The molecule has 0 aliphatic carbocycles. The summed E-state index contributed by atoms with van der Waals surface area (Å²) in [6.07, 6.45) is 14.2. The lowest BCUT2D eigenvalue weighted by molar-refractivity contribution is 0.0776. The standard InChI is InChI=1S/C19H40/c1-7-9-11-13-15-19(17(3)4,18(5)6)16-14-12-10-8-2/h17-18H,7-16H2,1-6H3. The average molecular weight is 269 g/mol. The first-order valence-corrected chi connectivity index (χ1v) is 9.01. The fourth-order valence-electron chi connectivity index (χ4n) is 3.71. The quantitative estimate of drug-likeness (QED) is 0.328. The van der Waals surface area contributed by atoms with Crippen LogP contribution in [0, 0.1) is 17.3 Å². The van der Waals surface area contributed by atoms with E-state index in [1.165, 1.54) is 64.2 Å². The molecule has 19 heavy (non-hydrogen) atoms. The van der Waals surface area contributed by atoms with Gasteiger partial charge in [-0.1, -0.05) is 92.9 Å². The van der Waals surface area contributed by atoms with Gasteiger partial charge in [0.1, 0.15) is 0 Å². The molecule has 116 valence electrons. The van der Waals surface area contributed by atoms with Gasteiger partial charge in [0.2, 0.25) is 0 Å². The van der Waals surface area contributed by atoms with Gasteiger partial charge in [0.05, 0.1) is 0 Å². The summed E-state index contributed by atoms with van der Waals surface area (Å²) in [4.78, 5) is 0. The maximum absolute atomic E-state index is 2.46. The molecule has 0 unspecified atom stereocenters. The Morgan fingerprint density at radius 3 is 1.21 bits per heavy atom. The van der Waals surface area contributed by atoms with E-state index >= 15 is 0 Å². The molecule has 0 aliphatic heterocycles. The summed E-state index contributed by atoms with van der Waals surface area (Å²) in [7, 11) is 0. The molecule has 0 aromatic carbocycles. The van der Waals surface area contributed by atoms with Gasteiger partial charge in [-0.2, -0.15) is 0 Å². The van der Waals surface area contributed by atoms with Gasteiger partial charge in [0, 0.05) is 0 Å². The van der Waals surface area contributed by atoms with E-state index in [9.17, 15) is 0 Å². The third-order valence-electron chi connectivity index (χ3n) is 5.29. The van der Waals surface area contributed by atoms with Crippen LogP contribution in [0.5, 0.6) is 0 Å². The maximum atomic E-state index is 2.46. The van der Waals surface area contributed by atoms with Crippen LogP contribution in [0.4, 0.5) is 0 Å². The van der Waals surface area contributed by atoms with Gasteiger partial charge in [-0.05, 0) is 30.1 Å². The van der Waals surface area contributed by atoms with E-state index < -0.39 is 0 Å². The Hall–Kier alpha value is 0. The van der Waals surface area contributed by atoms with Crippen LogP contribution in [0.1, 0.15) is 106 Å². The molecular weight excluding hydrogens is 228 g/mol. The van der Waals surface area contributed by atoms with Crippen molar-refractivity contribution in [3.63, 3.8) is 0 Å². The molecule has 0 saturated heterocycles. The molecule has 0 spiro atoms. The van der Waals surface area contributed by atoms with E-state index in [1.807, 2.05) is 0 Å². The SMILES string of the molecule is CCCCCCC(CCCCCC)(C(C)C)C(C)C. The molecule has 0 heterocycles. The first-order valence-electron chi connectivity index (χ1n) is 9.01. The summed E-state index contributed by atoms with van der Waals surface area (Å²) in [5.41, 5.74) is 0.599. The molecule has 0 aliphatic rings. The van der Waals surface area contributed by atoms with E-state index in [1.54, 1.807) is 0 Å². The summed E-state index contributed by atoms with van der Waals surface area (Å²) in [5.74, 6) is 1.66. The minimum atomic E-state index is 0.599. The molecular formula is C19H40. The Bertz CT molecular complexity index is 168. The van der Waals surface area contributed by atoms with Crippen molar-refractivity contribution in [3.05, 3.63) is 0 Å². The molecule has 0 atom stereocenters. The van der Waals surface area contributed by atoms with Gasteiger partial charge in [-0.15, -0.1) is 0 Å². The fourth-order valence-corrected chi connectivity index (χ4v) is 3.71. The summed E-state index contributed by atoms with van der Waals surface area (Å²) in [6, 6.07) is 0. The lowest BCUT2D eigenvalue weighted by Crippen LogP contribution is -2.33. The first-order chi connectivity index (χ1) is 9.01. The van der Waals surface area contributed by atoms with Crippen LogP contribution in [0.3, 0.4) is 0 Å². The Balaban J connectivity index is 4.41. The van der Waals surface area contributed by atoms with Crippen molar-refractivity contribution < 1.29 is 0 Å². The minimum absolute atomic E-state index is 0.599. The Kier molecular flexibility index (Phi) is 10.7. The van der Waals surface area contributed by atoms with Gasteiger partial charge >= 0.3 is 0 Å². The van der Waals surface area contributed by atoms with Crippen LogP contribution in [0.15, 0.2) is 0 Å². The lowest BCUT2D eigenvalue weighted by atomic mass is 9.63. The van der Waals surface area contributed by atoms with Gasteiger partial charge in [0.25, 0.3) is 0 Å². The van der Waals surface area contributed by atoms with Crippen molar-refractivity contribution in [1.82, 2.24) is 0 Å². The van der Waals surface area contributed by atoms with Crippen molar-refractivity contribution in [3.8, 4) is 0 Å². The van der Waals surface area contributed by atoms with Crippen LogP contribution in [-0.2, 0) is 0 Å². The highest BCUT2D eigenvalue weighted by atomic mass is 14.4. The number of unbranched alkanes of at least 4 members (excludes halogenated alkanes) is 6. The number of hydrogen-bond donors (Lipinski definition) is 0. The first kappa shape index (κ1) is 19.0. The van der Waals surface area contributed by atoms with E-state index in [2.05, 4.69) is 41.5 Å². The van der Waals surface area contributed by atoms with Crippen LogP contribution < -0.4 is 0 Å². The molecule has 0 bridgehead atoms. The topological polar surface area (TPSA) is 0 Å². The van der Waals surface area contributed by atoms with Gasteiger partial charge in [-0.3, -0.25) is 0 Å². The van der Waals surface area contributed by atoms with Crippen molar-refractivity contribution in [2.24, 2.45) is 17.3 Å². The Labute approximate surface area is 123 Å². The minimum Gasteiger partial charge on any atom is -0.0654 e. The fraction of sp³-hybridized carbons (Fsp3) is 1.00. The number of rotatable bonds is 12. The van der Waals surface area contributed by atoms with Crippen LogP contribution in [-0.4, -0.2) is 0 Å². The maximum Gasteiger partial charge on any atom is -0.0251 e. The third-order valence-corrected chi connectivity index (χ3v) is 5.29. The zero-order valence-corrected chi connectivity index (χ0v) is 14.7. The molecule has 0 amide bonds. The monoisotopic (exact) mass is 268 g/mol. The molecule has 0 radical (unpaired) electrons. The van der Waals surface area contributed by atoms with Gasteiger partial charge in [-0.25, -0.2) is 0 Å². The van der Waals surface area contributed by atoms with Crippen molar-refractivity contribution in [1.29, 1.82) is 0 Å². The molecule has 0 rings (SSSR count). The van der Waals surface area contributed by atoms with E-state index in [0.29, 0.717) is 5.41 Å². The molecule has 0 heteroatoms. The van der Waals surface area contributed by atoms with E-state index in [0.717, 1.165) is 11.8 Å². The van der Waals surface area contributed by atoms with Crippen molar-refractivity contribution in [2.45, 2.75) is 106 Å². The Morgan fingerprint density at radius 1 is 0.579 bits per heavy atom. The number of hydrogen-bond acceptors (Lipinski definition) is 0. The van der Waals surface area contributed by atoms with Crippen molar-refractivity contribution >= 4 is 0 Å². The molecule has 0 fully saturated rings. The molecule has 0 nitrogen and oxygen atoms in total.